The Kier molecular flexibility index (Phi) is 7.67. The fourth-order valence-corrected chi connectivity index (χ4v) is 3.82. The average molecular weight is 433 g/mol. The molecule has 0 aliphatic carbocycles. The Hall–Kier alpha value is -3.24. The van der Waals surface area contributed by atoms with E-state index in [0.717, 1.165) is 0 Å². The Bertz CT molecular complexity index is 1010. The zero-order chi connectivity index (χ0) is 22.3. The molecule has 9 nitrogen and oxygen atoms in total. The van der Waals surface area contributed by atoms with Gasteiger partial charge in [-0.1, -0.05) is 18.2 Å². The van der Waals surface area contributed by atoms with Crippen LogP contribution in [0.5, 0.6) is 0 Å². The lowest BCUT2D eigenvalue weighted by atomic mass is 10.1. The van der Waals surface area contributed by atoms with Crippen LogP contribution in [0.3, 0.4) is 0 Å². The summed E-state index contributed by atoms with van der Waals surface area (Å²) < 4.78 is 24.6. The Balaban J connectivity index is 1.86. The zero-order valence-electron chi connectivity index (χ0n) is 16.3. The first-order valence-electron chi connectivity index (χ1n) is 9.02. The molecule has 0 aliphatic rings. The number of benzene rings is 2. The molecule has 1 atom stereocenters. The second-order valence-electron chi connectivity index (χ2n) is 6.63. The van der Waals surface area contributed by atoms with E-state index in [1.807, 2.05) is 0 Å². The summed E-state index contributed by atoms with van der Waals surface area (Å²) in [5, 5.41) is 11.4. The molecule has 0 saturated carbocycles. The number of hydrogen-bond donors (Lipinski definition) is 3. The van der Waals surface area contributed by atoms with Crippen molar-refractivity contribution >= 4 is 33.3 Å². The minimum absolute atomic E-state index is 0.0406. The Morgan fingerprint density at radius 3 is 2.23 bits per heavy atom. The van der Waals surface area contributed by atoms with Gasteiger partial charge in [-0.15, -0.1) is 0 Å². The van der Waals surface area contributed by atoms with E-state index in [2.05, 4.69) is 5.32 Å². The van der Waals surface area contributed by atoms with Crippen LogP contribution in [0.4, 0.5) is 5.69 Å². The first-order valence-corrected chi connectivity index (χ1v) is 10.7. The number of carboxylic acid groups (broad SMARTS) is 1. The number of anilines is 1. The van der Waals surface area contributed by atoms with Gasteiger partial charge in [-0.05, 0) is 36.4 Å². The van der Waals surface area contributed by atoms with Crippen molar-refractivity contribution in [2.45, 2.75) is 17.4 Å². The predicted molar refractivity (Wildman–Crippen MR) is 111 cm³/mol. The molecule has 0 aromatic heterocycles. The van der Waals surface area contributed by atoms with Crippen LogP contribution in [0.2, 0.25) is 0 Å². The molecule has 0 aliphatic heterocycles. The smallest absolute Gasteiger partial charge is 0.335 e. The van der Waals surface area contributed by atoms with E-state index in [9.17, 15) is 22.8 Å². The zero-order valence-corrected chi connectivity index (χ0v) is 17.1. The number of carbonyl (C=O) groups is 3. The number of amides is 2. The lowest BCUT2D eigenvalue weighted by Crippen LogP contribution is -2.41. The summed E-state index contributed by atoms with van der Waals surface area (Å²) in [4.78, 5) is 36.7. The summed E-state index contributed by atoms with van der Waals surface area (Å²) in [6.07, 6.45) is -0.305. The maximum Gasteiger partial charge on any atom is 0.335 e. The highest BCUT2D eigenvalue weighted by Crippen LogP contribution is 2.12. The Morgan fingerprint density at radius 2 is 1.67 bits per heavy atom. The van der Waals surface area contributed by atoms with E-state index >= 15 is 0 Å². The second kappa shape index (κ2) is 9.99. The van der Waals surface area contributed by atoms with Crippen molar-refractivity contribution in [2.75, 3.05) is 24.7 Å². The summed E-state index contributed by atoms with van der Waals surface area (Å²) >= 11 is 0. The van der Waals surface area contributed by atoms with Crippen LogP contribution >= 0.6 is 0 Å². The van der Waals surface area contributed by atoms with E-state index in [4.69, 9.17) is 10.8 Å². The van der Waals surface area contributed by atoms with Crippen LogP contribution in [-0.4, -0.2) is 61.6 Å². The molecule has 4 N–H and O–H groups in total. The van der Waals surface area contributed by atoms with Crippen LogP contribution in [0.25, 0.3) is 0 Å². The van der Waals surface area contributed by atoms with Crippen molar-refractivity contribution in [3.63, 3.8) is 0 Å². The molecule has 0 fully saturated rings. The van der Waals surface area contributed by atoms with Gasteiger partial charge in [-0.25, -0.2) is 13.2 Å². The molecule has 10 heteroatoms. The minimum Gasteiger partial charge on any atom is -0.478 e. The second-order valence-corrected chi connectivity index (χ2v) is 8.74. The number of aromatic carboxylic acids is 1. The van der Waals surface area contributed by atoms with Gasteiger partial charge < -0.3 is 21.1 Å². The molecular formula is C20H23N3O6S. The standard InChI is InChI=1S/C20H23N3O6S/c1-23(11-12-30(28,29)16-5-3-2-4-6-16)18(24)13-17(21)19(25)22-15-9-7-14(8-10-15)20(26)27/h2-10,17H,11-13,21H2,1H3,(H,22,25)(H,26,27). The van der Waals surface area contributed by atoms with Crippen molar-refractivity contribution in [3.8, 4) is 0 Å². The van der Waals surface area contributed by atoms with Crippen molar-refractivity contribution in [1.29, 1.82) is 0 Å². The van der Waals surface area contributed by atoms with Crippen molar-refractivity contribution in [2.24, 2.45) is 5.73 Å². The number of sulfone groups is 1. The van der Waals surface area contributed by atoms with Crippen LogP contribution in [0, 0.1) is 0 Å². The molecule has 1 unspecified atom stereocenters. The molecule has 0 radical (unpaired) electrons. The normalized spacial score (nSPS) is 12.1. The monoisotopic (exact) mass is 433 g/mol. The van der Waals surface area contributed by atoms with Crippen molar-refractivity contribution < 1.29 is 27.9 Å². The number of hydrogen-bond acceptors (Lipinski definition) is 6. The highest BCUT2D eigenvalue weighted by Gasteiger charge is 2.22. The third-order valence-corrected chi connectivity index (χ3v) is 6.06. The molecule has 30 heavy (non-hydrogen) atoms. The molecular weight excluding hydrogens is 410 g/mol. The lowest BCUT2D eigenvalue weighted by molar-refractivity contribution is -0.132. The van der Waals surface area contributed by atoms with E-state index < -0.39 is 33.7 Å². The number of nitrogens with two attached hydrogens (primary N) is 1. The molecule has 2 amide bonds. The number of rotatable bonds is 9. The molecule has 0 spiro atoms. The highest BCUT2D eigenvalue weighted by molar-refractivity contribution is 7.91. The van der Waals surface area contributed by atoms with Crippen LogP contribution < -0.4 is 11.1 Å². The van der Waals surface area contributed by atoms with Crippen molar-refractivity contribution in [1.82, 2.24) is 4.90 Å². The minimum atomic E-state index is -3.53. The SMILES string of the molecule is CN(CCS(=O)(=O)c1ccccc1)C(=O)CC(N)C(=O)Nc1ccc(C(=O)O)cc1. The molecule has 2 aromatic carbocycles. The van der Waals surface area contributed by atoms with Gasteiger partial charge in [0.1, 0.15) is 0 Å². The average Bonchev–Trinajstić information content (AvgIpc) is 2.72. The third-order valence-electron chi connectivity index (χ3n) is 4.35. The molecule has 0 saturated heterocycles. The molecule has 0 heterocycles. The lowest BCUT2D eigenvalue weighted by Gasteiger charge is -2.19. The van der Waals surface area contributed by atoms with Crippen molar-refractivity contribution in [3.05, 3.63) is 60.2 Å². The van der Waals surface area contributed by atoms with Gasteiger partial charge in [0.05, 0.1) is 28.7 Å². The fourth-order valence-electron chi connectivity index (χ4n) is 2.50. The van der Waals surface area contributed by atoms with Crippen LogP contribution in [0.15, 0.2) is 59.5 Å². The number of nitrogens with zero attached hydrogens (tertiary/aromatic N) is 1. The van der Waals surface area contributed by atoms with Gasteiger partial charge >= 0.3 is 5.97 Å². The Morgan fingerprint density at radius 1 is 1.07 bits per heavy atom. The first-order chi connectivity index (χ1) is 14.1. The van der Waals surface area contributed by atoms with Crippen LogP contribution in [0.1, 0.15) is 16.8 Å². The molecule has 2 aromatic rings. The topological polar surface area (TPSA) is 147 Å². The van der Waals surface area contributed by atoms with Gasteiger partial charge in [0.2, 0.25) is 11.8 Å². The van der Waals surface area contributed by atoms with Gasteiger partial charge in [0.15, 0.2) is 9.84 Å². The quantitative estimate of drug-likeness (QED) is 0.534. The Labute approximate surface area is 174 Å². The molecule has 2 rings (SSSR count). The highest BCUT2D eigenvalue weighted by atomic mass is 32.2. The summed E-state index contributed by atoms with van der Waals surface area (Å²) in [5.74, 6) is -2.43. The van der Waals surface area contributed by atoms with Gasteiger partial charge in [0, 0.05) is 19.3 Å². The third kappa shape index (κ3) is 6.39. The first kappa shape index (κ1) is 23.0. The number of nitrogens with one attached hydrogen (secondary N) is 1. The molecule has 0 bridgehead atoms. The van der Waals surface area contributed by atoms with E-state index in [0.29, 0.717) is 5.69 Å². The number of carbonyl (C=O) groups excluding carboxylic acids is 2. The van der Waals surface area contributed by atoms with Crippen LogP contribution in [-0.2, 0) is 19.4 Å². The maximum atomic E-state index is 12.3. The molecule has 160 valence electrons. The predicted octanol–water partition coefficient (Wildman–Crippen LogP) is 0.973. The van der Waals surface area contributed by atoms with Gasteiger partial charge in [-0.3, -0.25) is 9.59 Å². The van der Waals surface area contributed by atoms with E-state index in [1.165, 1.54) is 48.3 Å². The summed E-state index contributed by atoms with van der Waals surface area (Å²) in [6, 6.07) is 12.3. The summed E-state index contributed by atoms with van der Waals surface area (Å²) in [5.41, 5.74) is 6.19. The fraction of sp³-hybridized carbons (Fsp3) is 0.250. The largest absolute Gasteiger partial charge is 0.478 e. The summed E-state index contributed by atoms with van der Waals surface area (Å²) in [7, 11) is -2.09. The van der Waals surface area contributed by atoms with E-state index in [-0.39, 0.29) is 29.2 Å². The van der Waals surface area contributed by atoms with E-state index in [1.54, 1.807) is 18.2 Å². The van der Waals surface area contributed by atoms with Gasteiger partial charge in [-0.2, -0.15) is 0 Å². The van der Waals surface area contributed by atoms with Gasteiger partial charge in [0.25, 0.3) is 0 Å². The number of carboxylic acids is 1. The summed E-state index contributed by atoms with van der Waals surface area (Å²) in [6.45, 7) is -0.0406. The maximum absolute atomic E-state index is 12.3.